The highest BCUT2D eigenvalue weighted by Crippen LogP contribution is 2.35. The summed E-state index contributed by atoms with van der Waals surface area (Å²) in [4.78, 5) is 18.4. The average molecular weight is 317 g/mol. The number of carbonyl (C=O) groups is 1. The Bertz CT molecular complexity index is 806. The van der Waals surface area contributed by atoms with Crippen molar-refractivity contribution in [1.82, 2.24) is 10.3 Å². The van der Waals surface area contributed by atoms with E-state index in [0.29, 0.717) is 17.1 Å². The van der Waals surface area contributed by atoms with E-state index in [1.807, 2.05) is 37.4 Å². The number of nitrogens with one attached hydrogen (secondary N) is 1. The largest absolute Gasteiger partial charge is 0.397 e. The molecule has 0 fully saturated rings. The third kappa shape index (κ3) is 2.64. The molecule has 0 aliphatic rings. The minimum atomic E-state index is -0.126. The SMILES string of the molecule is Cc1cc2sc(C(=O)NCc3cccs3)c(N)c2c(C)n1. The van der Waals surface area contributed by atoms with E-state index in [4.69, 9.17) is 5.73 Å². The van der Waals surface area contributed by atoms with E-state index in [2.05, 4.69) is 10.3 Å². The van der Waals surface area contributed by atoms with Gasteiger partial charge in [0.1, 0.15) is 4.88 Å². The van der Waals surface area contributed by atoms with Crippen molar-refractivity contribution in [3.8, 4) is 0 Å². The van der Waals surface area contributed by atoms with Crippen molar-refractivity contribution in [2.75, 3.05) is 5.73 Å². The zero-order chi connectivity index (χ0) is 15.0. The summed E-state index contributed by atoms with van der Waals surface area (Å²) in [5.74, 6) is -0.126. The Labute approximate surface area is 130 Å². The lowest BCUT2D eigenvalue weighted by molar-refractivity contribution is 0.0956. The van der Waals surface area contributed by atoms with Crippen LogP contribution in [0.4, 0.5) is 5.69 Å². The summed E-state index contributed by atoms with van der Waals surface area (Å²) in [5.41, 5.74) is 8.49. The van der Waals surface area contributed by atoms with Crippen LogP contribution in [-0.4, -0.2) is 10.9 Å². The number of hydrogen-bond donors (Lipinski definition) is 2. The lowest BCUT2D eigenvalue weighted by Gasteiger charge is -2.03. The van der Waals surface area contributed by atoms with Crippen LogP contribution >= 0.6 is 22.7 Å². The number of aryl methyl sites for hydroxylation is 2. The molecule has 0 aromatic carbocycles. The van der Waals surface area contributed by atoms with E-state index in [9.17, 15) is 4.79 Å². The van der Waals surface area contributed by atoms with Crippen LogP contribution in [0.1, 0.15) is 25.9 Å². The first-order chi connectivity index (χ1) is 10.1. The van der Waals surface area contributed by atoms with Gasteiger partial charge in [-0.15, -0.1) is 22.7 Å². The summed E-state index contributed by atoms with van der Waals surface area (Å²) in [6, 6.07) is 5.94. The standard InChI is InChI=1S/C15H15N3OS2/c1-8-6-11-12(9(2)18-8)13(16)14(21-11)15(19)17-7-10-4-3-5-20-10/h3-6H,7,16H2,1-2H3,(H,17,19). The van der Waals surface area contributed by atoms with Crippen LogP contribution in [0.5, 0.6) is 0 Å². The minimum absolute atomic E-state index is 0.126. The molecule has 21 heavy (non-hydrogen) atoms. The molecule has 0 atom stereocenters. The summed E-state index contributed by atoms with van der Waals surface area (Å²) >= 11 is 3.05. The summed E-state index contributed by atoms with van der Waals surface area (Å²) in [5, 5.41) is 5.81. The molecular formula is C15H15N3OS2. The molecule has 0 spiro atoms. The first kappa shape index (κ1) is 14.0. The van der Waals surface area contributed by atoms with Crippen LogP contribution in [0.2, 0.25) is 0 Å². The molecule has 0 bridgehead atoms. The van der Waals surface area contributed by atoms with Gasteiger partial charge in [0.05, 0.1) is 12.2 Å². The van der Waals surface area contributed by atoms with Crippen molar-refractivity contribution in [2.24, 2.45) is 0 Å². The predicted octanol–water partition coefficient (Wildman–Crippen LogP) is 3.49. The monoisotopic (exact) mass is 317 g/mol. The molecule has 0 radical (unpaired) electrons. The van der Waals surface area contributed by atoms with Crippen LogP contribution in [-0.2, 0) is 6.54 Å². The smallest absolute Gasteiger partial charge is 0.263 e. The quantitative estimate of drug-likeness (QED) is 0.777. The van der Waals surface area contributed by atoms with E-state index >= 15 is 0 Å². The van der Waals surface area contributed by atoms with E-state index in [-0.39, 0.29) is 5.91 Å². The maximum absolute atomic E-state index is 12.3. The van der Waals surface area contributed by atoms with Crippen LogP contribution in [0.15, 0.2) is 23.6 Å². The molecule has 6 heteroatoms. The Hall–Kier alpha value is -1.92. The number of anilines is 1. The fourth-order valence-corrected chi connectivity index (χ4v) is 4.14. The van der Waals surface area contributed by atoms with E-state index in [0.717, 1.165) is 26.4 Å². The number of nitrogens with zero attached hydrogens (tertiary/aromatic N) is 1. The number of rotatable bonds is 3. The normalized spacial score (nSPS) is 11.0. The van der Waals surface area contributed by atoms with Crippen molar-refractivity contribution in [3.63, 3.8) is 0 Å². The van der Waals surface area contributed by atoms with Crippen molar-refractivity contribution in [1.29, 1.82) is 0 Å². The number of hydrogen-bond acceptors (Lipinski definition) is 5. The van der Waals surface area contributed by atoms with Crippen LogP contribution < -0.4 is 11.1 Å². The van der Waals surface area contributed by atoms with Gasteiger partial charge in [0.2, 0.25) is 0 Å². The van der Waals surface area contributed by atoms with E-state index in [1.165, 1.54) is 11.3 Å². The highest BCUT2D eigenvalue weighted by atomic mass is 32.1. The summed E-state index contributed by atoms with van der Waals surface area (Å²) in [7, 11) is 0. The number of nitrogens with two attached hydrogens (primary N) is 1. The number of thiophene rings is 2. The molecule has 108 valence electrons. The van der Waals surface area contributed by atoms with Gasteiger partial charge in [-0.25, -0.2) is 0 Å². The highest BCUT2D eigenvalue weighted by Gasteiger charge is 2.18. The first-order valence-corrected chi connectivity index (χ1v) is 8.22. The second kappa shape index (κ2) is 5.46. The molecule has 0 unspecified atom stereocenters. The van der Waals surface area contributed by atoms with Crippen LogP contribution in [0.25, 0.3) is 10.1 Å². The fourth-order valence-electron chi connectivity index (χ4n) is 2.31. The van der Waals surface area contributed by atoms with Crippen molar-refractivity contribution in [3.05, 3.63) is 44.7 Å². The molecule has 3 heterocycles. The third-order valence-electron chi connectivity index (χ3n) is 3.23. The van der Waals surface area contributed by atoms with Gasteiger partial charge in [-0.1, -0.05) is 6.07 Å². The summed E-state index contributed by atoms with van der Waals surface area (Å²) in [6.45, 7) is 4.39. The Morgan fingerprint density at radius 1 is 1.43 bits per heavy atom. The Balaban J connectivity index is 1.91. The Morgan fingerprint density at radius 2 is 2.24 bits per heavy atom. The van der Waals surface area contributed by atoms with Gasteiger partial charge in [-0.3, -0.25) is 9.78 Å². The topological polar surface area (TPSA) is 68.0 Å². The summed E-state index contributed by atoms with van der Waals surface area (Å²) in [6.07, 6.45) is 0. The summed E-state index contributed by atoms with van der Waals surface area (Å²) < 4.78 is 1.01. The van der Waals surface area contributed by atoms with Crippen molar-refractivity contribution in [2.45, 2.75) is 20.4 Å². The maximum Gasteiger partial charge on any atom is 0.263 e. The van der Waals surface area contributed by atoms with Gasteiger partial charge in [-0.05, 0) is 31.4 Å². The third-order valence-corrected chi connectivity index (χ3v) is 5.26. The highest BCUT2D eigenvalue weighted by molar-refractivity contribution is 7.21. The number of carbonyl (C=O) groups excluding carboxylic acids is 1. The number of nitrogen functional groups attached to an aromatic ring is 1. The number of fused-ring (bicyclic) bond motifs is 1. The molecule has 4 nitrogen and oxygen atoms in total. The molecule has 0 aliphatic heterocycles. The van der Waals surface area contributed by atoms with Gasteiger partial charge in [0.25, 0.3) is 5.91 Å². The molecule has 0 aliphatic carbocycles. The molecule has 3 rings (SSSR count). The zero-order valence-corrected chi connectivity index (χ0v) is 13.4. The number of aromatic nitrogens is 1. The Morgan fingerprint density at radius 3 is 2.95 bits per heavy atom. The minimum Gasteiger partial charge on any atom is -0.397 e. The van der Waals surface area contributed by atoms with Crippen molar-refractivity contribution >= 4 is 44.4 Å². The van der Waals surface area contributed by atoms with Crippen LogP contribution in [0.3, 0.4) is 0 Å². The molecule has 1 amide bonds. The van der Waals surface area contributed by atoms with Gasteiger partial charge in [0.15, 0.2) is 0 Å². The number of amides is 1. The fraction of sp³-hybridized carbons (Fsp3) is 0.200. The second-order valence-electron chi connectivity index (χ2n) is 4.83. The molecular weight excluding hydrogens is 302 g/mol. The molecule has 3 aromatic heterocycles. The number of pyridine rings is 1. The van der Waals surface area contributed by atoms with Gasteiger partial charge >= 0.3 is 0 Å². The maximum atomic E-state index is 12.3. The zero-order valence-electron chi connectivity index (χ0n) is 11.8. The lowest BCUT2D eigenvalue weighted by Crippen LogP contribution is -2.22. The second-order valence-corrected chi connectivity index (χ2v) is 6.91. The Kier molecular flexibility index (Phi) is 3.65. The molecule has 0 saturated heterocycles. The van der Waals surface area contributed by atoms with Gasteiger partial charge < -0.3 is 11.1 Å². The van der Waals surface area contributed by atoms with Gasteiger partial charge in [0, 0.05) is 26.4 Å². The molecule has 0 saturated carbocycles. The van der Waals surface area contributed by atoms with Crippen LogP contribution in [0, 0.1) is 13.8 Å². The first-order valence-electron chi connectivity index (χ1n) is 6.53. The van der Waals surface area contributed by atoms with Crippen molar-refractivity contribution < 1.29 is 4.79 Å². The lowest BCUT2D eigenvalue weighted by atomic mass is 10.2. The van der Waals surface area contributed by atoms with E-state index in [1.54, 1.807) is 11.3 Å². The molecule has 3 N–H and O–H groups in total. The predicted molar refractivity (Wildman–Crippen MR) is 89.0 cm³/mol. The van der Waals surface area contributed by atoms with Gasteiger partial charge in [-0.2, -0.15) is 0 Å². The molecule has 3 aromatic rings. The average Bonchev–Trinajstić information content (AvgIpc) is 3.04. The van der Waals surface area contributed by atoms with E-state index < -0.39 is 0 Å².